The van der Waals surface area contributed by atoms with Crippen LogP contribution in [0, 0.1) is 43.4 Å². The third-order valence-electron chi connectivity index (χ3n) is 15.8. The highest BCUT2D eigenvalue weighted by Gasteiger charge is 2.57. The molecule has 5 rings (SSSR count). The van der Waals surface area contributed by atoms with Crippen LogP contribution in [0.1, 0.15) is 148 Å². The highest BCUT2D eigenvalue weighted by molar-refractivity contribution is 6.39. The summed E-state index contributed by atoms with van der Waals surface area (Å²) in [5.41, 5.74) is 3.32. The smallest absolute Gasteiger partial charge is 0.329 e. The fraction of sp³-hybridized carbons (Fsp3) is 0.741. The molecule has 68 heavy (non-hydrogen) atoms. The van der Waals surface area contributed by atoms with Crippen molar-refractivity contribution in [2.75, 3.05) is 27.9 Å². The van der Waals surface area contributed by atoms with E-state index in [2.05, 4.69) is 6.07 Å². The number of aryl methyl sites for hydroxylation is 2. The van der Waals surface area contributed by atoms with Gasteiger partial charge in [0.15, 0.2) is 0 Å². The van der Waals surface area contributed by atoms with Gasteiger partial charge in [-0.25, -0.2) is 4.79 Å². The summed E-state index contributed by atoms with van der Waals surface area (Å²) in [5, 5.41) is 47.0. The number of carbonyl (C=O) groups excluding carboxylic acids is 4. The number of allylic oxidation sites excluding steroid dienone is 3. The molecule has 0 aromatic heterocycles. The Hall–Kier alpha value is -3.34. The summed E-state index contributed by atoms with van der Waals surface area (Å²) >= 11 is 0. The molecule has 1 aromatic carbocycles. The van der Waals surface area contributed by atoms with Crippen LogP contribution in [-0.2, 0) is 42.9 Å². The summed E-state index contributed by atoms with van der Waals surface area (Å²) in [7, 11) is 4.62. The molecule has 15 atom stereocenters. The molecule has 1 aliphatic carbocycles. The van der Waals surface area contributed by atoms with Gasteiger partial charge in [0.25, 0.3) is 11.7 Å². The van der Waals surface area contributed by atoms with Crippen molar-refractivity contribution in [1.82, 2.24) is 4.90 Å². The number of aliphatic hydroxyl groups excluding tert-OH is 2. The number of methoxy groups -OCH3 is 3. The number of aliphatic hydroxyl groups is 4. The Kier molecular flexibility index (Phi) is 19.8. The largest absolute Gasteiger partial charge is 0.456 e. The van der Waals surface area contributed by atoms with Gasteiger partial charge < -0.3 is 49.0 Å². The first-order valence-electron chi connectivity index (χ1n) is 25.1. The van der Waals surface area contributed by atoms with E-state index in [0.29, 0.717) is 63.4 Å². The van der Waals surface area contributed by atoms with Crippen molar-refractivity contribution in [1.29, 1.82) is 0 Å². The lowest BCUT2D eigenvalue weighted by Crippen LogP contribution is -2.64. The van der Waals surface area contributed by atoms with Crippen molar-refractivity contribution in [3.05, 3.63) is 58.2 Å². The first kappa shape index (κ1) is 55.6. The highest BCUT2D eigenvalue weighted by atomic mass is 16.7. The molecule has 0 radical (unpaired) electrons. The molecule has 4 N–H and O–H groups in total. The van der Waals surface area contributed by atoms with Crippen molar-refractivity contribution in [3.63, 3.8) is 0 Å². The van der Waals surface area contributed by atoms with Crippen LogP contribution in [0.15, 0.2) is 41.5 Å². The van der Waals surface area contributed by atoms with Crippen molar-refractivity contribution >= 4 is 23.4 Å². The second kappa shape index (κ2) is 24.2. The van der Waals surface area contributed by atoms with Crippen molar-refractivity contribution in [2.24, 2.45) is 29.6 Å². The van der Waals surface area contributed by atoms with E-state index in [1.165, 1.54) is 19.1 Å². The summed E-state index contributed by atoms with van der Waals surface area (Å²) in [5.74, 6) is -7.39. The Morgan fingerprint density at radius 2 is 1.57 bits per heavy atom. The fourth-order valence-electron chi connectivity index (χ4n) is 11.5. The molecule has 4 aliphatic rings. The monoisotopic (exact) mass is 954 g/mol. The minimum atomic E-state index is -2.53. The molecule has 1 saturated carbocycles. The third kappa shape index (κ3) is 13.3. The molecule has 14 nitrogen and oxygen atoms in total. The number of carbonyl (C=O) groups is 4. The number of hydrogen-bond acceptors (Lipinski definition) is 13. The van der Waals surface area contributed by atoms with Gasteiger partial charge in [-0.1, -0.05) is 81.2 Å². The Morgan fingerprint density at radius 1 is 0.912 bits per heavy atom. The molecular formula is C54H83NO13. The van der Waals surface area contributed by atoms with E-state index >= 15 is 0 Å². The van der Waals surface area contributed by atoms with E-state index in [-0.39, 0.29) is 55.8 Å². The number of fused-ring (bicyclic) bond motifs is 3. The van der Waals surface area contributed by atoms with E-state index in [4.69, 9.17) is 23.7 Å². The van der Waals surface area contributed by atoms with Crippen LogP contribution < -0.4 is 0 Å². The number of cyclic esters (lactones) is 1. The molecule has 1 aromatic rings. The van der Waals surface area contributed by atoms with Gasteiger partial charge in [0.1, 0.15) is 24.0 Å². The average molecular weight is 954 g/mol. The molecule has 3 aliphatic heterocycles. The summed E-state index contributed by atoms with van der Waals surface area (Å²) in [6.45, 7) is 15.2. The lowest BCUT2D eigenvalue weighted by molar-refractivity contribution is -0.302. The van der Waals surface area contributed by atoms with E-state index in [0.717, 1.165) is 22.3 Å². The Bertz CT molecular complexity index is 1950. The zero-order valence-corrected chi connectivity index (χ0v) is 42.7. The maximum atomic E-state index is 14.7. The Labute approximate surface area is 405 Å². The first-order valence-corrected chi connectivity index (χ1v) is 25.1. The quantitative estimate of drug-likeness (QED) is 0.107. The van der Waals surface area contributed by atoms with Crippen LogP contribution in [-0.4, -0.2) is 131 Å². The summed E-state index contributed by atoms with van der Waals surface area (Å²) in [4.78, 5) is 58.4. The number of nitrogens with zero attached hydrogens (tertiary/aromatic N) is 1. The number of Topliss-reactive ketones (excluding diaryl/α,β-unsaturated/α-hetero) is 2. The average Bonchev–Trinajstić information content (AvgIpc) is 3.30. The van der Waals surface area contributed by atoms with E-state index in [9.17, 15) is 39.6 Å². The SMILES string of the molecule is CCC1CCN2C(=O)C(=O)C3(O)OC(C(OC)CC(C)C/C(C)=C/CC(=O)CC(O)C(C)C(C(C)=CC4CCC(O)(CCC(O)c5cc(C)cc(C)c5)C(OC)C4)OC(=O)C2C1)C(OC)CC3C. The van der Waals surface area contributed by atoms with Gasteiger partial charge in [0.2, 0.25) is 5.79 Å². The number of esters is 1. The van der Waals surface area contributed by atoms with Crippen LogP contribution in [0.2, 0.25) is 0 Å². The van der Waals surface area contributed by atoms with Crippen molar-refractivity contribution in [3.8, 4) is 0 Å². The van der Waals surface area contributed by atoms with Crippen LogP contribution >= 0.6 is 0 Å². The predicted molar refractivity (Wildman–Crippen MR) is 257 cm³/mol. The number of ether oxygens (including phenoxy) is 5. The first-order chi connectivity index (χ1) is 32.1. The van der Waals surface area contributed by atoms with Gasteiger partial charge in [0, 0.05) is 52.6 Å². The molecule has 0 spiro atoms. The molecular weight excluding hydrogens is 871 g/mol. The van der Waals surface area contributed by atoms with Gasteiger partial charge in [0.05, 0.1) is 36.1 Å². The van der Waals surface area contributed by atoms with Crippen LogP contribution in [0.5, 0.6) is 0 Å². The molecule has 15 unspecified atom stereocenters. The molecule has 2 bridgehead atoms. The summed E-state index contributed by atoms with van der Waals surface area (Å²) < 4.78 is 30.4. The number of ketones is 2. The number of rotatable bonds is 10. The maximum Gasteiger partial charge on any atom is 0.329 e. The number of hydrogen-bond donors (Lipinski definition) is 4. The van der Waals surface area contributed by atoms with Crippen LogP contribution in [0.25, 0.3) is 0 Å². The second-order valence-corrected chi connectivity index (χ2v) is 21.2. The van der Waals surface area contributed by atoms with E-state index < -0.39 is 89.7 Å². The van der Waals surface area contributed by atoms with Crippen molar-refractivity contribution in [2.45, 2.75) is 199 Å². The number of piperidine rings is 1. The standard InChI is InChI=1S/C54H83NO13/c1-12-38-17-20-55-42(28-38)52(61)67-48(35(6)26-39-15-18-53(62,47(29-39)66-11)19-16-43(57)40-23-32(3)22-33(4)24-40)37(8)44(58)30-41(56)14-13-31(2)21-34(5)25-45(64-9)49-46(65-10)27-36(7)54(63,68-49)50(59)51(55)60/h13,22-24,26,34,36-39,42-49,57-58,62-63H,12,14-21,25,27-30H2,1-11H3/b31-13+,35-26?. The lowest BCUT2D eigenvalue weighted by Gasteiger charge is -2.47. The zero-order valence-electron chi connectivity index (χ0n) is 42.7. The van der Waals surface area contributed by atoms with Crippen molar-refractivity contribution < 1.29 is 63.3 Å². The highest BCUT2D eigenvalue weighted by Crippen LogP contribution is 2.42. The lowest BCUT2D eigenvalue weighted by atomic mass is 9.73. The zero-order chi connectivity index (χ0) is 50.2. The van der Waals surface area contributed by atoms with Crippen LogP contribution in [0.4, 0.5) is 0 Å². The molecule has 14 heteroatoms. The topological polar surface area (TPSA) is 199 Å². The van der Waals surface area contributed by atoms with E-state index in [1.807, 2.05) is 65.8 Å². The summed E-state index contributed by atoms with van der Waals surface area (Å²) in [6.07, 6.45) is 2.94. The van der Waals surface area contributed by atoms with Gasteiger partial charge in [-0.2, -0.15) is 0 Å². The minimum absolute atomic E-state index is 0.0228. The molecule has 382 valence electrons. The van der Waals surface area contributed by atoms with Gasteiger partial charge in [-0.3, -0.25) is 14.4 Å². The third-order valence-corrected chi connectivity index (χ3v) is 15.8. The van der Waals surface area contributed by atoms with Gasteiger partial charge in [-0.15, -0.1) is 0 Å². The molecule has 3 fully saturated rings. The maximum absolute atomic E-state index is 14.7. The normalized spacial score (nSPS) is 37.9. The number of amides is 1. The van der Waals surface area contributed by atoms with Crippen LogP contribution in [0.3, 0.4) is 0 Å². The van der Waals surface area contributed by atoms with Gasteiger partial charge in [-0.05, 0) is 121 Å². The Morgan fingerprint density at radius 3 is 2.21 bits per heavy atom. The molecule has 2 saturated heterocycles. The molecule has 3 heterocycles. The summed E-state index contributed by atoms with van der Waals surface area (Å²) in [6, 6.07) is 4.79. The number of benzene rings is 1. The fourth-order valence-corrected chi connectivity index (χ4v) is 11.5. The van der Waals surface area contributed by atoms with Gasteiger partial charge >= 0.3 is 5.97 Å². The minimum Gasteiger partial charge on any atom is -0.456 e. The predicted octanol–water partition coefficient (Wildman–Crippen LogP) is 6.97. The van der Waals surface area contributed by atoms with E-state index in [1.54, 1.807) is 21.0 Å². The second-order valence-electron chi connectivity index (χ2n) is 21.2. The molecule has 1 amide bonds. The Balaban J connectivity index is 1.46.